The molecule has 0 spiro atoms. The minimum atomic E-state index is -0.243. The number of aliphatic imine (C=N–C) groups is 1. The standard InChI is InChI=1S/C33H31N5/c1-7-29(35-8-2)37(30-21-34-18-19-36-30)22-16-17-28-26(20-22)33(5,6)25-14-11-13-24-31(25)38(28)27-15-10-9-12-23(27)32(24,3)4/h7-21H,1-2H2,3-6H3. The van der Waals surface area contributed by atoms with Gasteiger partial charge in [-0.1, -0.05) is 77.3 Å². The molecule has 5 nitrogen and oxygen atoms in total. The van der Waals surface area contributed by atoms with Crippen LogP contribution in [0.1, 0.15) is 49.9 Å². The average Bonchev–Trinajstić information content (AvgIpc) is 2.93. The van der Waals surface area contributed by atoms with Crippen molar-refractivity contribution < 1.29 is 0 Å². The molecule has 0 radical (unpaired) electrons. The molecule has 188 valence electrons. The number of amidine groups is 1. The zero-order chi connectivity index (χ0) is 26.7. The van der Waals surface area contributed by atoms with Crippen molar-refractivity contribution in [1.82, 2.24) is 9.97 Å². The fraction of sp³-hybridized carbons (Fsp3) is 0.182. The summed E-state index contributed by atoms with van der Waals surface area (Å²) in [6.45, 7) is 17.1. The molecule has 3 aromatic carbocycles. The highest BCUT2D eigenvalue weighted by molar-refractivity contribution is 6.10. The molecule has 0 N–H and O–H groups in total. The monoisotopic (exact) mass is 497 g/mol. The third-order valence-electron chi connectivity index (χ3n) is 7.99. The number of hydrogen-bond donors (Lipinski definition) is 0. The van der Waals surface area contributed by atoms with E-state index in [1.165, 1.54) is 45.5 Å². The van der Waals surface area contributed by atoms with Crippen molar-refractivity contribution in [3.63, 3.8) is 0 Å². The average molecular weight is 498 g/mol. The van der Waals surface area contributed by atoms with Gasteiger partial charge in [-0.2, -0.15) is 0 Å². The number of para-hydroxylation sites is 2. The Labute approximate surface area is 224 Å². The first-order valence-corrected chi connectivity index (χ1v) is 12.9. The van der Waals surface area contributed by atoms with Gasteiger partial charge in [0.1, 0.15) is 5.84 Å². The maximum atomic E-state index is 4.58. The van der Waals surface area contributed by atoms with E-state index in [1.54, 1.807) is 24.7 Å². The lowest BCUT2D eigenvalue weighted by Crippen LogP contribution is -2.38. The summed E-state index contributed by atoms with van der Waals surface area (Å²) < 4.78 is 0. The smallest absolute Gasteiger partial charge is 0.157 e. The summed E-state index contributed by atoms with van der Waals surface area (Å²) >= 11 is 0. The van der Waals surface area contributed by atoms with Crippen molar-refractivity contribution in [3.05, 3.63) is 127 Å². The van der Waals surface area contributed by atoms with Crippen LogP contribution in [0.3, 0.4) is 0 Å². The highest BCUT2D eigenvalue weighted by Crippen LogP contribution is 2.60. The van der Waals surface area contributed by atoms with Crippen LogP contribution in [0.25, 0.3) is 0 Å². The summed E-state index contributed by atoms with van der Waals surface area (Å²) in [5.74, 6) is 1.29. The second-order valence-corrected chi connectivity index (χ2v) is 10.8. The Morgan fingerprint density at radius 1 is 0.842 bits per heavy atom. The van der Waals surface area contributed by atoms with Crippen LogP contribution in [-0.2, 0) is 10.8 Å². The van der Waals surface area contributed by atoms with Gasteiger partial charge in [-0.05, 0) is 52.6 Å². The molecule has 0 amide bonds. The van der Waals surface area contributed by atoms with Crippen LogP contribution in [0.15, 0.2) is 110 Å². The molecular weight excluding hydrogens is 466 g/mol. The molecule has 0 fully saturated rings. The fourth-order valence-electron chi connectivity index (χ4n) is 6.09. The lowest BCUT2D eigenvalue weighted by molar-refractivity contribution is 0.597. The van der Waals surface area contributed by atoms with Gasteiger partial charge in [-0.3, -0.25) is 9.88 Å². The van der Waals surface area contributed by atoms with E-state index in [9.17, 15) is 0 Å². The molecule has 4 aromatic rings. The number of hydrogen-bond acceptors (Lipinski definition) is 4. The summed E-state index contributed by atoms with van der Waals surface area (Å²) in [5.41, 5.74) is 9.52. The van der Waals surface area contributed by atoms with Crippen molar-refractivity contribution >= 4 is 34.4 Å². The van der Waals surface area contributed by atoms with Gasteiger partial charge in [0.05, 0.1) is 23.3 Å². The molecule has 1 aromatic heterocycles. The highest BCUT2D eigenvalue weighted by Gasteiger charge is 2.45. The Morgan fingerprint density at radius 3 is 2.21 bits per heavy atom. The Morgan fingerprint density at radius 2 is 1.53 bits per heavy atom. The van der Waals surface area contributed by atoms with Crippen LogP contribution in [0, 0.1) is 0 Å². The quantitative estimate of drug-likeness (QED) is 0.211. The summed E-state index contributed by atoms with van der Waals surface area (Å²) in [6.07, 6.45) is 8.32. The van der Waals surface area contributed by atoms with E-state index in [4.69, 9.17) is 0 Å². The molecule has 0 atom stereocenters. The van der Waals surface area contributed by atoms with Crippen molar-refractivity contribution in [2.45, 2.75) is 38.5 Å². The van der Waals surface area contributed by atoms with Gasteiger partial charge in [0.25, 0.3) is 0 Å². The molecule has 2 aliphatic rings. The Kier molecular flexibility index (Phi) is 5.35. The SMILES string of the molecule is C=CN=C(C=C)N(c1ccc2c(c1)C(C)(C)c1cccc3c1N2c1ccccc1C3(C)C)c1cnccn1. The molecule has 0 bridgehead atoms. The van der Waals surface area contributed by atoms with Gasteiger partial charge in [-0.25, -0.2) is 9.98 Å². The van der Waals surface area contributed by atoms with Crippen LogP contribution >= 0.6 is 0 Å². The van der Waals surface area contributed by atoms with Crippen molar-refractivity contribution in [2.75, 3.05) is 9.80 Å². The predicted molar refractivity (Wildman–Crippen MR) is 157 cm³/mol. The molecule has 0 saturated carbocycles. The van der Waals surface area contributed by atoms with E-state index >= 15 is 0 Å². The van der Waals surface area contributed by atoms with Gasteiger partial charge in [0.2, 0.25) is 0 Å². The van der Waals surface area contributed by atoms with Crippen LogP contribution in [0.5, 0.6) is 0 Å². The van der Waals surface area contributed by atoms with E-state index in [0.717, 1.165) is 5.69 Å². The van der Waals surface area contributed by atoms with Gasteiger partial charge >= 0.3 is 0 Å². The zero-order valence-electron chi connectivity index (χ0n) is 22.3. The molecule has 0 saturated heterocycles. The van der Waals surface area contributed by atoms with E-state index < -0.39 is 0 Å². The van der Waals surface area contributed by atoms with E-state index in [0.29, 0.717) is 11.7 Å². The van der Waals surface area contributed by atoms with Crippen LogP contribution in [-0.4, -0.2) is 15.8 Å². The predicted octanol–water partition coefficient (Wildman–Crippen LogP) is 8.09. The number of nitrogens with zero attached hydrogens (tertiary/aromatic N) is 5. The molecular formula is C33H31N5. The summed E-state index contributed by atoms with van der Waals surface area (Å²) in [5, 5.41) is 0. The van der Waals surface area contributed by atoms with Crippen molar-refractivity contribution in [1.29, 1.82) is 0 Å². The second-order valence-electron chi connectivity index (χ2n) is 10.8. The van der Waals surface area contributed by atoms with Gasteiger partial charge in [0.15, 0.2) is 5.82 Å². The Hall–Kier alpha value is -4.51. The number of aromatic nitrogens is 2. The van der Waals surface area contributed by atoms with E-state index in [-0.39, 0.29) is 10.8 Å². The second kappa shape index (κ2) is 8.52. The topological polar surface area (TPSA) is 44.6 Å². The van der Waals surface area contributed by atoms with Crippen LogP contribution in [0.2, 0.25) is 0 Å². The van der Waals surface area contributed by atoms with Crippen molar-refractivity contribution in [3.8, 4) is 0 Å². The third kappa shape index (κ3) is 3.28. The van der Waals surface area contributed by atoms with Crippen molar-refractivity contribution in [2.24, 2.45) is 4.99 Å². The zero-order valence-corrected chi connectivity index (χ0v) is 22.3. The first-order valence-electron chi connectivity index (χ1n) is 12.9. The lowest BCUT2D eigenvalue weighted by Gasteiger charge is -2.49. The molecule has 3 heterocycles. The molecule has 5 heteroatoms. The number of rotatable bonds is 4. The largest absolute Gasteiger partial charge is 0.309 e. The maximum absolute atomic E-state index is 4.58. The normalized spacial score (nSPS) is 16.1. The number of benzene rings is 3. The molecule has 38 heavy (non-hydrogen) atoms. The van der Waals surface area contributed by atoms with Crippen LogP contribution in [0.4, 0.5) is 28.6 Å². The summed E-state index contributed by atoms with van der Waals surface area (Å²) in [4.78, 5) is 17.8. The summed E-state index contributed by atoms with van der Waals surface area (Å²) in [6, 6.07) is 22.1. The molecule has 0 aliphatic carbocycles. The fourth-order valence-corrected chi connectivity index (χ4v) is 6.09. The van der Waals surface area contributed by atoms with E-state index in [2.05, 4.69) is 121 Å². The Bertz CT molecular complexity index is 1610. The highest BCUT2D eigenvalue weighted by atomic mass is 15.2. The third-order valence-corrected chi connectivity index (χ3v) is 7.99. The minimum absolute atomic E-state index is 0.102. The maximum Gasteiger partial charge on any atom is 0.157 e. The number of fused-ring (bicyclic) bond motifs is 4. The Balaban J connectivity index is 1.63. The molecule has 2 aliphatic heterocycles. The first-order chi connectivity index (χ1) is 18.3. The van der Waals surface area contributed by atoms with Crippen LogP contribution < -0.4 is 9.80 Å². The minimum Gasteiger partial charge on any atom is -0.309 e. The molecule has 0 unspecified atom stereocenters. The van der Waals surface area contributed by atoms with Gasteiger partial charge in [-0.15, -0.1) is 0 Å². The molecule has 6 rings (SSSR count). The summed E-state index contributed by atoms with van der Waals surface area (Å²) in [7, 11) is 0. The van der Waals surface area contributed by atoms with E-state index in [1.807, 2.05) is 4.90 Å². The van der Waals surface area contributed by atoms with Gasteiger partial charge < -0.3 is 4.90 Å². The first kappa shape index (κ1) is 23.9. The number of anilines is 5. The lowest BCUT2D eigenvalue weighted by atomic mass is 9.66. The van der Waals surface area contributed by atoms with Gasteiger partial charge in [0, 0.05) is 35.1 Å².